The lowest BCUT2D eigenvalue weighted by Crippen LogP contribution is -2.19. The highest BCUT2D eigenvalue weighted by Crippen LogP contribution is 2.15. The lowest BCUT2D eigenvalue weighted by molar-refractivity contribution is 0.145. The molecule has 0 bridgehead atoms. The molecule has 1 N–H and O–H groups in total. The van der Waals surface area contributed by atoms with Gasteiger partial charge in [0.25, 0.3) is 0 Å². The molecule has 1 atom stereocenters. The standard InChI is InChI=1S/C14H17ClN2O2/c1-11(6-5-9-17(2)3)19-14(18)16-13-8-4-7-12(15)10-13/h4,7-8,10-11H,9H2,1-3H3,(H,16,18)/t11-/m0/s1. The Morgan fingerprint density at radius 2 is 2.26 bits per heavy atom. The van der Waals surface area contributed by atoms with E-state index in [1.54, 1.807) is 31.2 Å². The van der Waals surface area contributed by atoms with E-state index in [1.807, 2.05) is 19.0 Å². The molecule has 102 valence electrons. The maximum absolute atomic E-state index is 11.6. The van der Waals surface area contributed by atoms with Gasteiger partial charge < -0.3 is 4.74 Å². The summed E-state index contributed by atoms with van der Waals surface area (Å²) in [7, 11) is 3.85. The third-order valence-electron chi connectivity index (χ3n) is 2.06. The summed E-state index contributed by atoms with van der Waals surface area (Å²) in [6, 6.07) is 6.85. The first-order valence-electron chi connectivity index (χ1n) is 5.83. The zero-order chi connectivity index (χ0) is 14.3. The zero-order valence-corrected chi connectivity index (χ0v) is 12.0. The molecule has 5 heteroatoms. The highest BCUT2D eigenvalue weighted by molar-refractivity contribution is 6.30. The summed E-state index contributed by atoms with van der Waals surface area (Å²) in [6.07, 6.45) is -1.01. The molecule has 1 amide bonds. The average molecular weight is 281 g/mol. The van der Waals surface area contributed by atoms with Crippen LogP contribution in [0.4, 0.5) is 10.5 Å². The van der Waals surface area contributed by atoms with Crippen LogP contribution in [0, 0.1) is 11.8 Å². The van der Waals surface area contributed by atoms with Crippen LogP contribution in [0.5, 0.6) is 0 Å². The highest BCUT2D eigenvalue weighted by atomic mass is 35.5. The highest BCUT2D eigenvalue weighted by Gasteiger charge is 2.07. The fraction of sp³-hybridized carbons (Fsp3) is 0.357. The van der Waals surface area contributed by atoms with Crippen LogP contribution in [-0.2, 0) is 4.74 Å². The smallest absolute Gasteiger partial charge is 0.412 e. The number of rotatable bonds is 3. The van der Waals surface area contributed by atoms with Crippen molar-refractivity contribution in [3.8, 4) is 11.8 Å². The molecule has 0 radical (unpaired) electrons. The van der Waals surface area contributed by atoms with Gasteiger partial charge in [0.15, 0.2) is 6.10 Å². The van der Waals surface area contributed by atoms with Gasteiger partial charge in [0.1, 0.15) is 0 Å². The van der Waals surface area contributed by atoms with Gasteiger partial charge in [0.2, 0.25) is 0 Å². The van der Waals surface area contributed by atoms with Crippen molar-refractivity contribution in [3.05, 3.63) is 29.3 Å². The van der Waals surface area contributed by atoms with Crippen LogP contribution in [-0.4, -0.2) is 37.7 Å². The lowest BCUT2D eigenvalue weighted by atomic mass is 10.3. The van der Waals surface area contributed by atoms with E-state index in [0.717, 1.165) is 0 Å². The fourth-order valence-corrected chi connectivity index (χ4v) is 1.44. The number of ether oxygens (including phenoxy) is 1. The molecule has 0 saturated heterocycles. The molecule has 1 rings (SSSR count). The normalized spacial score (nSPS) is 11.4. The predicted molar refractivity (Wildman–Crippen MR) is 77.3 cm³/mol. The van der Waals surface area contributed by atoms with Gasteiger partial charge in [-0.15, -0.1) is 0 Å². The third-order valence-corrected chi connectivity index (χ3v) is 2.29. The van der Waals surface area contributed by atoms with Crippen molar-refractivity contribution in [2.75, 3.05) is 26.0 Å². The molecular weight excluding hydrogens is 264 g/mol. The molecule has 0 unspecified atom stereocenters. The minimum Gasteiger partial charge on any atom is -0.433 e. The van der Waals surface area contributed by atoms with Gasteiger partial charge in [0.05, 0.1) is 6.54 Å². The Morgan fingerprint density at radius 1 is 1.53 bits per heavy atom. The zero-order valence-electron chi connectivity index (χ0n) is 11.2. The van der Waals surface area contributed by atoms with Crippen molar-refractivity contribution >= 4 is 23.4 Å². The van der Waals surface area contributed by atoms with E-state index in [0.29, 0.717) is 17.3 Å². The summed E-state index contributed by atoms with van der Waals surface area (Å²) in [5.41, 5.74) is 0.589. The number of benzene rings is 1. The van der Waals surface area contributed by atoms with E-state index < -0.39 is 12.2 Å². The number of nitrogens with zero attached hydrogens (tertiary/aromatic N) is 1. The predicted octanol–water partition coefficient (Wildman–Crippen LogP) is 2.84. The molecule has 4 nitrogen and oxygen atoms in total. The number of carbonyl (C=O) groups excluding carboxylic acids is 1. The first kappa shape index (κ1) is 15.4. The Kier molecular flexibility index (Phi) is 6.20. The van der Waals surface area contributed by atoms with Gasteiger partial charge in [-0.1, -0.05) is 29.5 Å². The van der Waals surface area contributed by atoms with Gasteiger partial charge in [0, 0.05) is 10.7 Å². The number of anilines is 1. The van der Waals surface area contributed by atoms with Gasteiger partial charge >= 0.3 is 6.09 Å². The van der Waals surface area contributed by atoms with Crippen molar-refractivity contribution in [2.45, 2.75) is 13.0 Å². The van der Waals surface area contributed by atoms with Crippen LogP contribution in [0.1, 0.15) is 6.92 Å². The summed E-state index contributed by atoms with van der Waals surface area (Å²) in [6.45, 7) is 2.35. The van der Waals surface area contributed by atoms with Crippen LogP contribution >= 0.6 is 11.6 Å². The van der Waals surface area contributed by atoms with Crippen LogP contribution in [0.25, 0.3) is 0 Å². The number of nitrogens with one attached hydrogen (secondary N) is 1. The summed E-state index contributed by atoms with van der Waals surface area (Å²) in [4.78, 5) is 13.5. The quantitative estimate of drug-likeness (QED) is 0.866. The van der Waals surface area contributed by atoms with Gasteiger partial charge in [-0.25, -0.2) is 4.79 Å². The first-order chi connectivity index (χ1) is 8.97. The lowest BCUT2D eigenvalue weighted by Gasteiger charge is -2.09. The SMILES string of the molecule is C[C@@H](C#CCN(C)C)OC(=O)Nc1cccc(Cl)c1. The molecule has 19 heavy (non-hydrogen) atoms. The van der Waals surface area contributed by atoms with Crippen LogP contribution in [0.15, 0.2) is 24.3 Å². The van der Waals surface area contributed by atoms with Crippen molar-refractivity contribution in [1.82, 2.24) is 4.90 Å². The Bertz CT molecular complexity index is 492. The Hall–Kier alpha value is -1.70. The van der Waals surface area contributed by atoms with Crippen molar-refractivity contribution in [2.24, 2.45) is 0 Å². The number of hydrogen-bond acceptors (Lipinski definition) is 3. The minimum absolute atomic E-state index is 0.459. The molecule has 0 aliphatic carbocycles. The Labute approximate surface area is 118 Å². The molecule has 0 heterocycles. The topological polar surface area (TPSA) is 41.6 Å². The molecule has 1 aromatic carbocycles. The average Bonchev–Trinajstić information content (AvgIpc) is 2.27. The number of hydrogen-bond donors (Lipinski definition) is 1. The monoisotopic (exact) mass is 280 g/mol. The van der Waals surface area contributed by atoms with E-state index in [9.17, 15) is 4.79 Å². The summed E-state index contributed by atoms with van der Waals surface area (Å²) >= 11 is 5.81. The van der Waals surface area contributed by atoms with Gasteiger partial charge in [-0.3, -0.25) is 10.2 Å². The molecular formula is C14H17ClN2O2. The molecule has 0 saturated carbocycles. The fourth-order valence-electron chi connectivity index (χ4n) is 1.25. The maximum Gasteiger partial charge on any atom is 0.412 e. The Morgan fingerprint density at radius 3 is 2.89 bits per heavy atom. The van der Waals surface area contributed by atoms with E-state index in [1.165, 1.54) is 0 Å². The minimum atomic E-state index is -0.547. The number of amides is 1. The van der Waals surface area contributed by atoms with Crippen molar-refractivity contribution < 1.29 is 9.53 Å². The molecule has 0 aliphatic rings. The number of halogens is 1. The third kappa shape index (κ3) is 6.70. The van der Waals surface area contributed by atoms with Gasteiger partial charge in [-0.05, 0) is 39.2 Å². The van der Waals surface area contributed by atoms with E-state index in [-0.39, 0.29) is 0 Å². The molecule has 0 aromatic heterocycles. The summed E-state index contributed by atoms with van der Waals surface area (Å²) in [5.74, 6) is 5.75. The van der Waals surface area contributed by atoms with Crippen LogP contribution in [0.2, 0.25) is 5.02 Å². The first-order valence-corrected chi connectivity index (χ1v) is 6.21. The van der Waals surface area contributed by atoms with Gasteiger partial charge in [-0.2, -0.15) is 0 Å². The summed E-state index contributed by atoms with van der Waals surface area (Å²) in [5, 5.41) is 3.14. The molecule has 0 spiro atoms. The molecule has 0 aliphatic heterocycles. The number of carbonyl (C=O) groups is 1. The maximum atomic E-state index is 11.6. The second kappa shape index (κ2) is 7.67. The molecule has 0 fully saturated rings. The van der Waals surface area contributed by atoms with Crippen molar-refractivity contribution in [3.63, 3.8) is 0 Å². The molecule has 1 aromatic rings. The van der Waals surface area contributed by atoms with Crippen LogP contribution < -0.4 is 5.32 Å². The summed E-state index contributed by atoms with van der Waals surface area (Å²) < 4.78 is 5.09. The van der Waals surface area contributed by atoms with E-state index in [4.69, 9.17) is 16.3 Å². The van der Waals surface area contributed by atoms with E-state index >= 15 is 0 Å². The largest absolute Gasteiger partial charge is 0.433 e. The second-order valence-corrected chi connectivity index (χ2v) is 4.68. The Balaban J connectivity index is 2.44. The van der Waals surface area contributed by atoms with E-state index in [2.05, 4.69) is 17.2 Å². The second-order valence-electron chi connectivity index (χ2n) is 4.24. The van der Waals surface area contributed by atoms with Crippen molar-refractivity contribution in [1.29, 1.82) is 0 Å². The van der Waals surface area contributed by atoms with Crippen LogP contribution in [0.3, 0.4) is 0 Å².